The maximum absolute atomic E-state index is 12.6. The summed E-state index contributed by atoms with van der Waals surface area (Å²) in [5, 5.41) is 2.80. The molecule has 7 heteroatoms. The highest BCUT2D eigenvalue weighted by atomic mass is 32.1. The van der Waals surface area contributed by atoms with Gasteiger partial charge in [-0.05, 0) is 18.4 Å². The molecule has 0 fully saturated rings. The van der Waals surface area contributed by atoms with Crippen LogP contribution in [0.15, 0.2) is 17.5 Å². The first-order valence-electron chi connectivity index (χ1n) is 6.63. The molecule has 0 aliphatic carbocycles. The van der Waals surface area contributed by atoms with Crippen molar-refractivity contribution in [1.29, 1.82) is 0 Å². The SMILES string of the molecule is CC(Cc1cccs1)N(C)C(=O)c1sc(N(C)C)nc1N. The van der Waals surface area contributed by atoms with E-state index < -0.39 is 0 Å². The fourth-order valence-corrected chi connectivity index (χ4v) is 3.60. The average molecular weight is 324 g/mol. The summed E-state index contributed by atoms with van der Waals surface area (Å²) < 4.78 is 0. The molecule has 2 N–H and O–H groups in total. The fraction of sp³-hybridized carbons (Fsp3) is 0.429. The van der Waals surface area contributed by atoms with Gasteiger partial charge in [0.1, 0.15) is 10.7 Å². The summed E-state index contributed by atoms with van der Waals surface area (Å²) in [6.45, 7) is 2.04. The molecule has 0 aliphatic heterocycles. The molecule has 1 atom stereocenters. The minimum Gasteiger partial charge on any atom is -0.382 e. The Morgan fingerprint density at radius 2 is 2.14 bits per heavy atom. The van der Waals surface area contributed by atoms with Gasteiger partial charge in [0.15, 0.2) is 5.13 Å². The molecule has 114 valence electrons. The maximum atomic E-state index is 12.6. The van der Waals surface area contributed by atoms with Gasteiger partial charge in [-0.25, -0.2) is 4.98 Å². The van der Waals surface area contributed by atoms with Gasteiger partial charge in [-0.1, -0.05) is 17.4 Å². The molecule has 0 aromatic carbocycles. The third-order valence-corrected chi connectivity index (χ3v) is 5.40. The number of hydrogen-bond donors (Lipinski definition) is 1. The van der Waals surface area contributed by atoms with E-state index >= 15 is 0 Å². The number of likely N-dealkylation sites (N-methyl/N-ethyl adjacent to an activating group) is 1. The van der Waals surface area contributed by atoms with Crippen molar-refractivity contribution in [2.24, 2.45) is 0 Å². The summed E-state index contributed by atoms with van der Waals surface area (Å²) >= 11 is 3.04. The number of carbonyl (C=O) groups is 1. The second-order valence-electron chi connectivity index (χ2n) is 5.15. The largest absolute Gasteiger partial charge is 0.382 e. The standard InChI is InChI=1S/C14H20N4OS2/c1-9(8-10-6-5-7-20-10)18(4)13(19)11-12(15)16-14(21-11)17(2)3/h5-7,9H,8,15H2,1-4H3. The van der Waals surface area contributed by atoms with Crippen molar-refractivity contribution < 1.29 is 4.79 Å². The molecule has 1 unspecified atom stereocenters. The quantitative estimate of drug-likeness (QED) is 0.918. The van der Waals surface area contributed by atoms with Crippen molar-refractivity contribution in [3.63, 3.8) is 0 Å². The Balaban J connectivity index is 2.11. The predicted octanol–water partition coefficient (Wildman–Crippen LogP) is 2.56. The summed E-state index contributed by atoms with van der Waals surface area (Å²) in [6, 6.07) is 4.23. The van der Waals surface area contributed by atoms with Crippen LogP contribution in [-0.4, -0.2) is 43.0 Å². The number of nitrogens with zero attached hydrogens (tertiary/aromatic N) is 3. The number of aromatic nitrogens is 1. The Hall–Kier alpha value is -1.60. The molecule has 0 spiro atoms. The molecular weight excluding hydrogens is 304 g/mol. The number of hydrogen-bond acceptors (Lipinski definition) is 6. The average Bonchev–Trinajstić information content (AvgIpc) is 3.06. The van der Waals surface area contributed by atoms with Crippen LogP contribution in [0, 0.1) is 0 Å². The van der Waals surface area contributed by atoms with E-state index in [2.05, 4.69) is 16.4 Å². The van der Waals surface area contributed by atoms with E-state index in [-0.39, 0.29) is 11.9 Å². The fourth-order valence-electron chi connectivity index (χ4n) is 1.88. The number of thiophene rings is 1. The Labute approximate surface area is 133 Å². The maximum Gasteiger partial charge on any atom is 0.267 e. The van der Waals surface area contributed by atoms with Crippen LogP contribution in [0.3, 0.4) is 0 Å². The molecule has 0 saturated heterocycles. The molecule has 2 rings (SSSR count). The Morgan fingerprint density at radius 3 is 2.67 bits per heavy atom. The lowest BCUT2D eigenvalue weighted by Gasteiger charge is -2.24. The van der Waals surface area contributed by atoms with Gasteiger partial charge in [0, 0.05) is 38.5 Å². The molecule has 2 aromatic heterocycles. The van der Waals surface area contributed by atoms with E-state index in [0.29, 0.717) is 10.7 Å². The van der Waals surface area contributed by atoms with Gasteiger partial charge in [0.05, 0.1) is 0 Å². The zero-order valence-corrected chi connectivity index (χ0v) is 14.3. The first-order chi connectivity index (χ1) is 9.90. The van der Waals surface area contributed by atoms with Crippen molar-refractivity contribution in [3.05, 3.63) is 27.3 Å². The lowest BCUT2D eigenvalue weighted by atomic mass is 10.2. The van der Waals surface area contributed by atoms with Gasteiger partial charge < -0.3 is 15.5 Å². The number of thiazole rings is 1. The normalized spacial score (nSPS) is 12.2. The summed E-state index contributed by atoms with van der Waals surface area (Å²) in [4.78, 5) is 22.2. The number of carbonyl (C=O) groups excluding carboxylic acids is 1. The van der Waals surface area contributed by atoms with Crippen molar-refractivity contribution in [3.8, 4) is 0 Å². The number of amides is 1. The molecule has 0 bridgehead atoms. The van der Waals surface area contributed by atoms with Crippen LogP contribution in [-0.2, 0) is 6.42 Å². The molecule has 0 radical (unpaired) electrons. The van der Waals surface area contributed by atoms with Crippen LogP contribution in [0.25, 0.3) is 0 Å². The topological polar surface area (TPSA) is 62.5 Å². The van der Waals surface area contributed by atoms with Crippen LogP contribution >= 0.6 is 22.7 Å². The molecule has 0 saturated carbocycles. The third kappa shape index (κ3) is 3.54. The summed E-state index contributed by atoms with van der Waals surface area (Å²) in [6.07, 6.45) is 0.846. The summed E-state index contributed by atoms with van der Waals surface area (Å²) in [5.41, 5.74) is 5.88. The number of anilines is 2. The first kappa shape index (κ1) is 15.8. The molecule has 0 aliphatic rings. The lowest BCUT2D eigenvalue weighted by Crippen LogP contribution is -2.36. The molecule has 2 aromatic rings. The monoisotopic (exact) mass is 324 g/mol. The molecular formula is C14H20N4OS2. The van der Waals surface area contributed by atoms with Crippen LogP contribution in [0.4, 0.5) is 10.9 Å². The van der Waals surface area contributed by atoms with Crippen molar-refractivity contribution >= 4 is 39.5 Å². The van der Waals surface area contributed by atoms with Gasteiger partial charge in [-0.2, -0.15) is 0 Å². The van der Waals surface area contributed by atoms with Crippen LogP contribution in [0.2, 0.25) is 0 Å². The minimum atomic E-state index is -0.0674. The second-order valence-corrected chi connectivity index (χ2v) is 7.16. The first-order valence-corrected chi connectivity index (χ1v) is 8.33. The zero-order valence-electron chi connectivity index (χ0n) is 12.7. The Kier molecular flexibility index (Phi) is 4.84. The molecule has 5 nitrogen and oxygen atoms in total. The second kappa shape index (κ2) is 6.44. The van der Waals surface area contributed by atoms with Gasteiger partial charge in [-0.3, -0.25) is 4.79 Å². The van der Waals surface area contributed by atoms with Gasteiger partial charge in [0.2, 0.25) is 0 Å². The van der Waals surface area contributed by atoms with Crippen molar-refractivity contribution in [2.45, 2.75) is 19.4 Å². The highest BCUT2D eigenvalue weighted by molar-refractivity contribution is 7.18. The van der Waals surface area contributed by atoms with Gasteiger partial charge in [-0.15, -0.1) is 11.3 Å². The number of nitrogen functional groups attached to an aromatic ring is 1. The smallest absolute Gasteiger partial charge is 0.267 e. The van der Waals surface area contributed by atoms with Crippen molar-refractivity contribution in [2.75, 3.05) is 31.8 Å². The van der Waals surface area contributed by atoms with Crippen molar-refractivity contribution in [1.82, 2.24) is 9.88 Å². The summed E-state index contributed by atoms with van der Waals surface area (Å²) in [7, 11) is 5.58. The van der Waals surface area contributed by atoms with E-state index in [0.717, 1.165) is 11.6 Å². The van der Waals surface area contributed by atoms with Crippen LogP contribution in [0.1, 0.15) is 21.5 Å². The third-order valence-electron chi connectivity index (χ3n) is 3.28. The highest BCUT2D eigenvalue weighted by Gasteiger charge is 2.23. The van der Waals surface area contributed by atoms with E-state index in [1.807, 2.05) is 39.0 Å². The number of rotatable bonds is 5. The molecule has 21 heavy (non-hydrogen) atoms. The highest BCUT2D eigenvalue weighted by Crippen LogP contribution is 2.28. The molecule has 1 amide bonds. The Bertz CT molecular complexity index is 607. The number of nitrogens with two attached hydrogens (primary N) is 1. The van der Waals surface area contributed by atoms with E-state index in [4.69, 9.17) is 5.73 Å². The summed E-state index contributed by atoms with van der Waals surface area (Å²) in [5.74, 6) is 0.242. The minimum absolute atomic E-state index is 0.0674. The van der Waals surface area contributed by atoms with Gasteiger partial charge >= 0.3 is 0 Å². The van der Waals surface area contributed by atoms with E-state index in [1.165, 1.54) is 16.2 Å². The molecule has 2 heterocycles. The lowest BCUT2D eigenvalue weighted by molar-refractivity contribution is 0.0749. The van der Waals surface area contributed by atoms with E-state index in [1.54, 1.807) is 16.2 Å². The van der Waals surface area contributed by atoms with Gasteiger partial charge in [0.25, 0.3) is 5.91 Å². The van der Waals surface area contributed by atoms with Crippen LogP contribution < -0.4 is 10.6 Å². The Morgan fingerprint density at radius 1 is 1.43 bits per heavy atom. The van der Waals surface area contributed by atoms with Crippen LogP contribution in [0.5, 0.6) is 0 Å². The zero-order chi connectivity index (χ0) is 15.6. The predicted molar refractivity (Wildman–Crippen MR) is 90.4 cm³/mol. The van der Waals surface area contributed by atoms with E-state index in [9.17, 15) is 4.79 Å².